The lowest BCUT2D eigenvalue weighted by Crippen LogP contribution is -2.12. The van der Waals surface area contributed by atoms with Crippen molar-refractivity contribution in [3.63, 3.8) is 0 Å². The van der Waals surface area contributed by atoms with Gasteiger partial charge >= 0.3 is 5.97 Å². The summed E-state index contributed by atoms with van der Waals surface area (Å²) in [4.78, 5) is 32.9. The highest BCUT2D eigenvalue weighted by Gasteiger charge is 2.08. The Morgan fingerprint density at radius 2 is 1.72 bits per heavy atom. The smallest absolute Gasteiger partial charge is 0.303 e. The predicted octanol–water partition coefficient (Wildman–Crippen LogP) is 1.91. The van der Waals surface area contributed by atoms with E-state index in [1.54, 1.807) is 12.1 Å². The summed E-state index contributed by atoms with van der Waals surface area (Å²) in [6.45, 7) is 0. The highest BCUT2D eigenvalue weighted by molar-refractivity contribution is 6.29. The largest absolute Gasteiger partial charge is 0.481 e. The van der Waals surface area contributed by atoms with E-state index in [4.69, 9.17) is 16.7 Å². The van der Waals surface area contributed by atoms with Crippen LogP contribution in [0.5, 0.6) is 0 Å². The maximum absolute atomic E-state index is 11.6. The summed E-state index contributed by atoms with van der Waals surface area (Å²) in [6, 6.07) is 6.21. The minimum Gasteiger partial charge on any atom is -0.481 e. The molecule has 1 rings (SSSR count). The molecule has 0 radical (unpaired) electrons. The third-order valence-corrected chi connectivity index (χ3v) is 2.42. The number of carboxylic acid groups (broad SMARTS) is 1. The molecule has 0 aliphatic heterocycles. The lowest BCUT2D eigenvalue weighted by Gasteiger charge is -2.04. The second-order valence-electron chi connectivity index (χ2n) is 3.58. The number of nitrogens with one attached hydrogen (secondary N) is 1. The number of Topliss-reactive ketones (excluding diaryl/α,β-unsaturated/α-hetero) is 1. The number of carbonyl (C=O) groups is 3. The Balaban J connectivity index is 2.62. The van der Waals surface area contributed by atoms with Crippen molar-refractivity contribution in [1.29, 1.82) is 0 Å². The zero-order valence-corrected chi connectivity index (χ0v) is 10.2. The zero-order chi connectivity index (χ0) is 13.5. The Labute approximate surface area is 109 Å². The van der Waals surface area contributed by atoms with E-state index in [1.165, 1.54) is 12.1 Å². The zero-order valence-electron chi connectivity index (χ0n) is 9.48. The molecular weight excluding hydrogens is 258 g/mol. The molecule has 0 saturated heterocycles. The van der Waals surface area contributed by atoms with E-state index < -0.39 is 5.97 Å². The Bertz CT molecular complexity index is 456. The van der Waals surface area contributed by atoms with E-state index in [1.807, 2.05) is 0 Å². The van der Waals surface area contributed by atoms with Crippen LogP contribution >= 0.6 is 11.6 Å². The Morgan fingerprint density at radius 1 is 1.11 bits per heavy atom. The van der Waals surface area contributed by atoms with Gasteiger partial charge in [0.2, 0.25) is 5.91 Å². The summed E-state index contributed by atoms with van der Waals surface area (Å²) in [7, 11) is 0. The molecule has 0 bridgehead atoms. The van der Waals surface area contributed by atoms with E-state index in [-0.39, 0.29) is 30.4 Å². The van der Waals surface area contributed by atoms with Crippen molar-refractivity contribution in [3.05, 3.63) is 29.8 Å². The predicted molar refractivity (Wildman–Crippen MR) is 67.0 cm³/mol. The van der Waals surface area contributed by atoms with Crippen LogP contribution in [-0.4, -0.2) is 28.6 Å². The van der Waals surface area contributed by atoms with Crippen molar-refractivity contribution in [3.8, 4) is 0 Å². The number of ketones is 1. The molecule has 0 aliphatic rings. The van der Waals surface area contributed by atoms with Gasteiger partial charge in [0, 0.05) is 17.7 Å². The van der Waals surface area contributed by atoms with Crippen molar-refractivity contribution in [2.45, 2.75) is 12.8 Å². The van der Waals surface area contributed by atoms with Crippen LogP contribution in [0.3, 0.4) is 0 Å². The summed E-state index contributed by atoms with van der Waals surface area (Å²) < 4.78 is 0. The van der Waals surface area contributed by atoms with Crippen LogP contribution in [-0.2, 0) is 9.59 Å². The standard InChI is InChI=1S/C12H12ClNO4/c13-7-11(16)14-9-3-1-8(2-4-9)10(15)5-6-12(17)18/h1-4H,5-7H2,(H,14,16)(H,17,18). The second-order valence-corrected chi connectivity index (χ2v) is 3.84. The molecular formula is C12H12ClNO4. The third-order valence-electron chi connectivity index (χ3n) is 2.18. The topological polar surface area (TPSA) is 83.5 Å². The van der Waals surface area contributed by atoms with E-state index in [0.717, 1.165) is 0 Å². The van der Waals surface area contributed by atoms with E-state index in [0.29, 0.717) is 11.3 Å². The van der Waals surface area contributed by atoms with Crippen LogP contribution in [0.1, 0.15) is 23.2 Å². The number of anilines is 1. The van der Waals surface area contributed by atoms with Crippen LogP contribution in [0.4, 0.5) is 5.69 Å². The van der Waals surface area contributed by atoms with Gasteiger partial charge in [0.15, 0.2) is 5.78 Å². The maximum Gasteiger partial charge on any atom is 0.303 e. The molecule has 0 unspecified atom stereocenters. The average molecular weight is 270 g/mol. The third kappa shape index (κ3) is 4.55. The number of hydrogen-bond acceptors (Lipinski definition) is 3. The van der Waals surface area contributed by atoms with Crippen LogP contribution in [0.25, 0.3) is 0 Å². The quantitative estimate of drug-likeness (QED) is 0.610. The van der Waals surface area contributed by atoms with Gasteiger partial charge in [0.05, 0.1) is 6.42 Å². The summed E-state index contributed by atoms with van der Waals surface area (Å²) >= 11 is 5.33. The molecule has 1 aromatic carbocycles. The highest BCUT2D eigenvalue weighted by Crippen LogP contribution is 2.12. The van der Waals surface area contributed by atoms with Crippen molar-refractivity contribution in [2.75, 3.05) is 11.2 Å². The van der Waals surface area contributed by atoms with Crippen molar-refractivity contribution in [2.24, 2.45) is 0 Å². The van der Waals surface area contributed by atoms with Crippen molar-refractivity contribution in [1.82, 2.24) is 0 Å². The number of carbonyl (C=O) groups excluding carboxylic acids is 2. The normalized spacial score (nSPS) is 9.83. The van der Waals surface area contributed by atoms with Gasteiger partial charge in [-0.1, -0.05) is 0 Å². The number of halogens is 1. The van der Waals surface area contributed by atoms with Crippen LogP contribution in [0.15, 0.2) is 24.3 Å². The molecule has 5 nitrogen and oxygen atoms in total. The molecule has 1 aromatic rings. The number of hydrogen-bond donors (Lipinski definition) is 2. The Hall–Kier alpha value is -1.88. The summed E-state index contributed by atoms with van der Waals surface area (Å²) in [5, 5.41) is 11.0. The number of carboxylic acids is 1. The van der Waals surface area contributed by atoms with Crippen molar-refractivity contribution >= 4 is 34.9 Å². The molecule has 6 heteroatoms. The molecule has 96 valence electrons. The average Bonchev–Trinajstić information content (AvgIpc) is 2.36. The van der Waals surface area contributed by atoms with Crippen LogP contribution in [0, 0.1) is 0 Å². The fourth-order valence-corrected chi connectivity index (χ4v) is 1.37. The lowest BCUT2D eigenvalue weighted by molar-refractivity contribution is -0.137. The number of rotatable bonds is 6. The van der Waals surface area contributed by atoms with E-state index in [2.05, 4.69) is 5.32 Å². The first-order chi connectivity index (χ1) is 8.52. The van der Waals surface area contributed by atoms with Crippen molar-refractivity contribution < 1.29 is 19.5 Å². The number of aliphatic carboxylic acids is 1. The molecule has 2 N–H and O–H groups in total. The van der Waals surface area contributed by atoms with Gasteiger partial charge in [-0.15, -0.1) is 11.6 Å². The number of amides is 1. The minimum absolute atomic E-state index is 0.0390. The van der Waals surface area contributed by atoms with Crippen LogP contribution < -0.4 is 5.32 Å². The van der Waals surface area contributed by atoms with Gasteiger partial charge < -0.3 is 10.4 Å². The molecule has 1 amide bonds. The highest BCUT2D eigenvalue weighted by atomic mass is 35.5. The minimum atomic E-state index is -1.01. The molecule has 0 atom stereocenters. The van der Waals surface area contributed by atoms with Gasteiger partial charge in [-0.3, -0.25) is 14.4 Å². The summed E-state index contributed by atoms with van der Waals surface area (Å²) in [5.74, 6) is -1.72. The molecule has 0 fully saturated rings. The molecule has 0 aliphatic carbocycles. The molecule has 0 saturated carbocycles. The molecule has 0 heterocycles. The van der Waals surface area contributed by atoms with Gasteiger partial charge in [-0.25, -0.2) is 0 Å². The van der Waals surface area contributed by atoms with Crippen LogP contribution in [0.2, 0.25) is 0 Å². The van der Waals surface area contributed by atoms with Gasteiger partial charge in [-0.05, 0) is 24.3 Å². The maximum atomic E-state index is 11.6. The second kappa shape index (κ2) is 6.76. The first kappa shape index (κ1) is 14.2. The Morgan fingerprint density at radius 3 is 2.22 bits per heavy atom. The Kier molecular flexibility index (Phi) is 5.32. The summed E-state index contributed by atoms with van der Waals surface area (Å²) in [5.41, 5.74) is 0.954. The lowest BCUT2D eigenvalue weighted by atomic mass is 10.1. The first-order valence-electron chi connectivity index (χ1n) is 5.24. The first-order valence-corrected chi connectivity index (χ1v) is 5.77. The van der Waals surface area contributed by atoms with Gasteiger partial charge in [-0.2, -0.15) is 0 Å². The summed E-state index contributed by atoms with van der Waals surface area (Å²) in [6.07, 6.45) is -0.230. The molecule has 0 spiro atoms. The fraction of sp³-hybridized carbons (Fsp3) is 0.250. The molecule has 0 aromatic heterocycles. The fourth-order valence-electron chi connectivity index (χ4n) is 1.30. The monoisotopic (exact) mass is 269 g/mol. The molecule has 18 heavy (non-hydrogen) atoms. The van der Waals surface area contributed by atoms with E-state index in [9.17, 15) is 14.4 Å². The van der Waals surface area contributed by atoms with E-state index >= 15 is 0 Å². The number of benzene rings is 1. The SMILES string of the molecule is O=C(O)CCC(=O)c1ccc(NC(=O)CCl)cc1. The van der Waals surface area contributed by atoms with Gasteiger partial charge in [0.25, 0.3) is 0 Å². The number of alkyl halides is 1. The van der Waals surface area contributed by atoms with Gasteiger partial charge in [0.1, 0.15) is 5.88 Å².